The Labute approximate surface area is 154 Å². The zero-order valence-electron chi connectivity index (χ0n) is 14.2. The van der Waals surface area contributed by atoms with Gasteiger partial charge in [-0.15, -0.1) is 5.10 Å². The first-order chi connectivity index (χ1) is 12.4. The molecule has 7 nitrogen and oxygen atoms in total. The molecule has 0 saturated carbocycles. The largest absolute Gasteiger partial charge is 0.366 e. The highest BCUT2D eigenvalue weighted by atomic mass is 35.5. The molecule has 0 aliphatic rings. The third kappa shape index (κ3) is 3.43. The number of hydrogen-bond acceptors (Lipinski definition) is 4. The molecule has 0 unspecified atom stereocenters. The van der Waals surface area contributed by atoms with Gasteiger partial charge >= 0.3 is 0 Å². The molecule has 0 saturated heterocycles. The molecule has 3 rings (SSSR count). The molecule has 132 valence electrons. The number of carbonyl (C=O) groups excluding carboxylic acids is 2. The van der Waals surface area contributed by atoms with Crippen molar-refractivity contribution < 1.29 is 9.59 Å². The summed E-state index contributed by atoms with van der Waals surface area (Å²) < 4.78 is 0. The number of anilines is 1. The summed E-state index contributed by atoms with van der Waals surface area (Å²) in [6.07, 6.45) is 0. The number of rotatable bonds is 4. The number of halogens is 1. The second kappa shape index (κ2) is 6.97. The minimum absolute atomic E-state index is 0.175. The average Bonchev–Trinajstić information content (AvgIpc) is 2.98. The molecule has 2 aromatic carbocycles. The fraction of sp³-hybridized carbons (Fsp3) is 0.111. The summed E-state index contributed by atoms with van der Waals surface area (Å²) in [4.78, 5) is 25.4. The van der Waals surface area contributed by atoms with Gasteiger partial charge in [0.15, 0.2) is 5.69 Å². The maximum absolute atomic E-state index is 12.6. The van der Waals surface area contributed by atoms with Crippen molar-refractivity contribution in [3.05, 3.63) is 70.0 Å². The van der Waals surface area contributed by atoms with E-state index in [4.69, 9.17) is 17.3 Å². The Bertz CT molecular complexity index is 1010. The van der Waals surface area contributed by atoms with E-state index < -0.39 is 11.8 Å². The summed E-state index contributed by atoms with van der Waals surface area (Å²) in [6.45, 7) is 3.40. The van der Waals surface area contributed by atoms with Crippen LogP contribution in [0.1, 0.15) is 32.1 Å². The number of primary amides is 1. The first-order valence-corrected chi connectivity index (χ1v) is 8.15. The zero-order valence-corrected chi connectivity index (χ0v) is 14.9. The number of benzene rings is 2. The minimum Gasteiger partial charge on any atom is -0.366 e. The van der Waals surface area contributed by atoms with Gasteiger partial charge in [-0.05, 0) is 49.7 Å². The van der Waals surface area contributed by atoms with E-state index in [9.17, 15) is 9.59 Å². The van der Waals surface area contributed by atoms with E-state index in [2.05, 4.69) is 15.5 Å². The number of nitrogens with one attached hydrogen (secondary N) is 1. The Kier molecular flexibility index (Phi) is 4.73. The van der Waals surface area contributed by atoms with Crippen LogP contribution in [-0.4, -0.2) is 26.8 Å². The van der Waals surface area contributed by atoms with E-state index in [0.717, 1.165) is 0 Å². The Morgan fingerprint density at radius 3 is 2.54 bits per heavy atom. The SMILES string of the molecule is Cc1nn(-c2cccc(Cl)c2)nc1C(=O)Nc1cccc(C(N)=O)c1C. The van der Waals surface area contributed by atoms with Crippen LogP contribution >= 0.6 is 11.6 Å². The summed E-state index contributed by atoms with van der Waals surface area (Å²) in [5, 5.41) is 11.8. The van der Waals surface area contributed by atoms with Crippen LogP contribution in [-0.2, 0) is 0 Å². The molecule has 0 radical (unpaired) electrons. The number of amides is 2. The highest BCUT2D eigenvalue weighted by molar-refractivity contribution is 6.30. The minimum atomic E-state index is -0.554. The molecule has 1 heterocycles. The molecule has 0 fully saturated rings. The van der Waals surface area contributed by atoms with Crippen LogP contribution in [0.3, 0.4) is 0 Å². The molecule has 3 N–H and O–H groups in total. The molecular formula is C18H16ClN5O2. The summed E-state index contributed by atoms with van der Waals surface area (Å²) in [6, 6.07) is 11.9. The lowest BCUT2D eigenvalue weighted by molar-refractivity contribution is 0.0994. The van der Waals surface area contributed by atoms with Gasteiger partial charge < -0.3 is 11.1 Å². The molecule has 8 heteroatoms. The summed E-state index contributed by atoms with van der Waals surface area (Å²) in [7, 11) is 0. The molecule has 0 aliphatic carbocycles. The van der Waals surface area contributed by atoms with E-state index in [-0.39, 0.29) is 5.69 Å². The van der Waals surface area contributed by atoms with Crippen molar-refractivity contribution in [2.24, 2.45) is 5.73 Å². The fourth-order valence-electron chi connectivity index (χ4n) is 2.52. The number of aryl methyl sites for hydroxylation is 1. The molecule has 26 heavy (non-hydrogen) atoms. The van der Waals surface area contributed by atoms with E-state index in [1.807, 2.05) is 0 Å². The van der Waals surface area contributed by atoms with Crippen molar-refractivity contribution in [1.29, 1.82) is 0 Å². The van der Waals surface area contributed by atoms with Gasteiger partial charge in [0.1, 0.15) is 0 Å². The first-order valence-electron chi connectivity index (χ1n) is 7.77. The van der Waals surface area contributed by atoms with Gasteiger partial charge in [-0.25, -0.2) is 0 Å². The lowest BCUT2D eigenvalue weighted by atomic mass is 10.1. The second-order valence-electron chi connectivity index (χ2n) is 5.70. The number of aromatic nitrogens is 3. The lowest BCUT2D eigenvalue weighted by Gasteiger charge is -2.10. The Morgan fingerprint density at radius 2 is 1.85 bits per heavy atom. The van der Waals surface area contributed by atoms with Gasteiger partial charge in [0.25, 0.3) is 5.91 Å². The number of hydrogen-bond donors (Lipinski definition) is 2. The number of nitrogens with two attached hydrogens (primary N) is 1. The molecule has 0 aliphatic heterocycles. The van der Waals surface area contributed by atoms with Gasteiger partial charge in [0.2, 0.25) is 5.91 Å². The van der Waals surface area contributed by atoms with E-state index in [0.29, 0.717) is 33.2 Å². The van der Waals surface area contributed by atoms with Crippen molar-refractivity contribution in [1.82, 2.24) is 15.0 Å². The van der Waals surface area contributed by atoms with Gasteiger partial charge in [-0.1, -0.05) is 23.7 Å². The maximum atomic E-state index is 12.6. The van der Waals surface area contributed by atoms with Crippen molar-refractivity contribution in [2.45, 2.75) is 13.8 Å². The molecule has 0 atom stereocenters. The predicted octanol–water partition coefficient (Wildman–Crippen LogP) is 2.89. The summed E-state index contributed by atoms with van der Waals surface area (Å²) >= 11 is 5.98. The predicted molar refractivity (Wildman–Crippen MR) is 98.8 cm³/mol. The molecule has 1 aromatic heterocycles. The van der Waals surface area contributed by atoms with Crippen LogP contribution < -0.4 is 11.1 Å². The first kappa shape index (κ1) is 17.6. The monoisotopic (exact) mass is 369 g/mol. The number of nitrogens with zero attached hydrogens (tertiary/aromatic N) is 3. The van der Waals surface area contributed by atoms with Crippen molar-refractivity contribution in [3.63, 3.8) is 0 Å². The van der Waals surface area contributed by atoms with E-state index >= 15 is 0 Å². The van der Waals surface area contributed by atoms with Crippen molar-refractivity contribution >= 4 is 29.1 Å². The van der Waals surface area contributed by atoms with Crippen molar-refractivity contribution in [2.75, 3.05) is 5.32 Å². The molecule has 0 spiro atoms. The molecular weight excluding hydrogens is 354 g/mol. The third-order valence-corrected chi connectivity index (χ3v) is 4.12. The zero-order chi connectivity index (χ0) is 18.8. The topological polar surface area (TPSA) is 103 Å². The van der Waals surface area contributed by atoms with Gasteiger partial charge in [-0.3, -0.25) is 9.59 Å². The standard InChI is InChI=1S/C18H16ClN5O2/c1-10-14(17(20)25)7-4-8-15(10)21-18(26)16-11(2)22-24(23-16)13-6-3-5-12(19)9-13/h3-9H,1-2H3,(H2,20,25)(H,21,26). The van der Waals surface area contributed by atoms with Crippen LogP contribution in [0.25, 0.3) is 5.69 Å². The van der Waals surface area contributed by atoms with Crippen LogP contribution in [0.5, 0.6) is 0 Å². The van der Waals surface area contributed by atoms with Crippen LogP contribution in [0, 0.1) is 13.8 Å². The third-order valence-electron chi connectivity index (χ3n) is 3.88. The summed E-state index contributed by atoms with van der Waals surface area (Å²) in [5.74, 6) is -0.984. The maximum Gasteiger partial charge on any atom is 0.278 e. The van der Waals surface area contributed by atoms with Crippen LogP contribution in [0.2, 0.25) is 5.02 Å². The smallest absolute Gasteiger partial charge is 0.278 e. The van der Waals surface area contributed by atoms with Gasteiger partial charge in [0.05, 0.1) is 11.4 Å². The molecule has 3 aromatic rings. The molecule has 0 bridgehead atoms. The lowest BCUT2D eigenvalue weighted by Crippen LogP contribution is -2.18. The van der Waals surface area contributed by atoms with E-state index in [1.54, 1.807) is 56.3 Å². The molecule has 2 amide bonds. The highest BCUT2D eigenvalue weighted by Crippen LogP contribution is 2.20. The van der Waals surface area contributed by atoms with Gasteiger partial charge in [-0.2, -0.15) is 9.90 Å². The van der Waals surface area contributed by atoms with Gasteiger partial charge in [0, 0.05) is 16.3 Å². The second-order valence-corrected chi connectivity index (χ2v) is 6.14. The van der Waals surface area contributed by atoms with E-state index in [1.165, 1.54) is 4.80 Å². The van der Waals surface area contributed by atoms with Crippen LogP contribution in [0.15, 0.2) is 42.5 Å². The number of carbonyl (C=O) groups is 2. The average molecular weight is 370 g/mol. The normalized spacial score (nSPS) is 10.6. The highest BCUT2D eigenvalue weighted by Gasteiger charge is 2.18. The van der Waals surface area contributed by atoms with Crippen molar-refractivity contribution in [3.8, 4) is 5.69 Å². The Hall–Kier alpha value is -3.19. The fourth-order valence-corrected chi connectivity index (χ4v) is 2.71. The summed E-state index contributed by atoms with van der Waals surface area (Å²) in [5.41, 5.74) is 8.05. The Balaban J connectivity index is 1.90. The Morgan fingerprint density at radius 1 is 1.12 bits per heavy atom. The van der Waals surface area contributed by atoms with Crippen LogP contribution in [0.4, 0.5) is 5.69 Å². The quantitative estimate of drug-likeness (QED) is 0.737.